The number of carboxylic acid groups (broad SMARTS) is 1. The highest BCUT2D eigenvalue weighted by atomic mass is 16.4. The Bertz CT molecular complexity index is 204. The second kappa shape index (κ2) is 4.33. The third-order valence-corrected chi connectivity index (χ3v) is 3.83. The fourth-order valence-electron chi connectivity index (χ4n) is 2.33. The number of carboxylic acids is 1. The first kappa shape index (κ1) is 11.5. The molecule has 1 saturated carbocycles. The molecule has 0 amide bonds. The van der Waals surface area contributed by atoms with Crippen molar-refractivity contribution in [2.75, 3.05) is 0 Å². The Morgan fingerprint density at radius 2 is 1.93 bits per heavy atom. The first-order valence-electron chi connectivity index (χ1n) is 5.78. The summed E-state index contributed by atoms with van der Waals surface area (Å²) in [6.45, 7) is 6.25. The minimum absolute atomic E-state index is 0.445. The van der Waals surface area contributed by atoms with Crippen molar-refractivity contribution < 1.29 is 9.90 Å². The van der Waals surface area contributed by atoms with E-state index >= 15 is 0 Å². The second-order valence-electron chi connectivity index (χ2n) is 4.88. The van der Waals surface area contributed by atoms with E-state index in [0.29, 0.717) is 11.8 Å². The molecule has 0 aliphatic heterocycles. The van der Waals surface area contributed by atoms with Crippen molar-refractivity contribution in [2.24, 2.45) is 17.3 Å². The fourth-order valence-corrected chi connectivity index (χ4v) is 2.33. The molecular formula is C12H22O2. The predicted molar refractivity (Wildman–Crippen MR) is 57.2 cm³/mol. The maximum absolute atomic E-state index is 11.3. The van der Waals surface area contributed by atoms with E-state index in [2.05, 4.69) is 13.8 Å². The topological polar surface area (TPSA) is 37.3 Å². The van der Waals surface area contributed by atoms with E-state index < -0.39 is 11.4 Å². The molecule has 1 atom stereocenters. The van der Waals surface area contributed by atoms with Crippen LogP contribution in [-0.2, 0) is 4.79 Å². The van der Waals surface area contributed by atoms with Gasteiger partial charge in [-0.05, 0) is 38.0 Å². The van der Waals surface area contributed by atoms with Crippen LogP contribution in [0, 0.1) is 17.3 Å². The molecule has 0 saturated heterocycles. The van der Waals surface area contributed by atoms with Crippen LogP contribution in [0.2, 0.25) is 0 Å². The summed E-state index contributed by atoms with van der Waals surface area (Å²) in [4.78, 5) is 11.3. The van der Waals surface area contributed by atoms with E-state index in [4.69, 9.17) is 0 Å². The molecule has 82 valence electrons. The molecule has 0 aromatic carbocycles. The van der Waals surface area contributed by atoms with Crippen LogP contribution in [0.25, 0.3) is 0 Å². The fraction of sp³-hybridized carbons (Fsp3) is 0.917. The summed E-state index contributed by atoms with van der Waals surface area (Å²) in [7, 11) is 0. The Hall–Kier alpha value is -0.530. The summed E-state index contributed by atoms with van der Waals surface area (Å²) in [5.74, 6) is 0.434. The highest BCUT2D eigenvalue weighted by molar-refractivity contribution is 5.75. The van der Waals surface area contributed by atoms with Gasteiger partial charge in [-0.25, -0.2) is 0 Å². The summed E-state index contributed by atoms with van der Waals surface area (Å²) in [6.07, 6.45) is 5.30. The van der Waals surface area contributed by atoms with E-state index in [0.717, 1.165) is 32.1 Å². The molecular weight excluding hydrogens is 176 g/mol. The molecule has 14 heavy (non-hydrogen) atoms. The molecule has 0 bridgehead atoms. The highest BCUT2D eigenvalue weighted by Gasteiger charge is 2.47. The largest absolute Gasteiger partial charge is 0.481 e. The average Bonchev–Trinajstić information content (AvgIpc) is 2.96. The number of hydrogen-bond donors (Lipinski definition) is 1. The van der Waals surface area contributed by atoms with Crippen molar-refractivity contribution in [2.45, 2.75) is 52.9 Å². The van der Waals surface area contributed by atoms with Crippen LogP contribution in [0.3, 0.4) is 0 Å². The van der Waals surface area contributed by atoms with Crippen molar-refractivity contribution in [3.05, 3.63) is 0 Å². The third kappa shape index (κ3) is 2.28. The third-order valence-electron chi connectivity index (χ3n) is 3.83. The molecule has 1 aliphatic carbocycles. The Morgan fingerprint density at radius 3 is 2.21 bits per heavy atom. The van der Waals surface area contributed by atoms with Crippen LogP contribution in [-0.4, -0.2) is 11.1 Å². The number of rotatable bonds is 6. The lowest BCUT2D eigenvalue weighted by Gasteiger charge is -2.28. The minimum atomic E-state index is -0.591. The van der Waals surface area contributed by atoms with E-state index in [1.807, 2.05) is 6.92 Å². The van der Waals surface area contributed by atoms with Gasteiger partial charge in [0.25, 0.3) is 0 Å². The van der Waals surface area contributed by atoms with Crippen LogP contribution in [0.1, 0.15) is 52.9 Å². The Kier molecular flexibility index (Phi) is 3.57. The van der Waals surface area contributed by atoms with Gasteiger partial charge in [0, 0.05) is 0 Å². The van der Waals surface area contributed by atoms with Crippen LogP contribution in [0.4, 0.5) is 0 Å². The van der Waals surface area contributed by atoms with Gasteiger partial charge in [-0.2, -0.15) is 0 Å². The molecule has 0 radical (unpaired) electrons. The molecule has 2 heteroatoms. The van der Waals surface area contributed by atoms with Gasteiger partial charge in [-0.15, -0.1) is 0 Å². The lowest BCUT2D eigenvalue weighted by Crippen LogP contribution is -2.32. The monoisotopic (exact) mass is 198 g/mol. The smallest absolute Gasteiger partial charge is 0.309 e. The van der Waals surface area contributed by atoms with Crippen molar-refractivity contribution in [1.29, 1.82) is 0 Å². The van der Waals surface area contributed by atoms with Crippen molar-refractivity contribution >= 4 is 5.97 Å². The van der Waals surface area contributed by atoms with Crippen molar-refractivity contribution in [3.8, 4) is 0 Å². The van der Waals surface area contributed by atoms with Gasteiger partial charge in [0.1, 0.15) is 0 Å². The van der Waals surface area contributed by atoms with Gasteiger partial charge in [0.2, 0.25) is 0 Å². The molecule has 1 unspecified atom stereocenters. The Morgan fingerprint density at radius 1 is 1.43 bits per heavy atom. The molecule has 0 spiro atoms. The highest BCUT2D eigenvalue weighted by Crippen LogP contribution is 2.49. The van der Waals surface area contributed by atoms with Crippen LogP contribution < -0.4 is 0 Å². The molecule has 1 fully saturated rings. The summed E-state index contributed by atoms with van der Waals surface area (Å²) in [5.41, 5.74) is -0.448. The standard InChI is InChI=1S/C12H22O2/c1-4-9(5-2)8-12(3,11(13)14)10-6-7-10/h9-10H,4-8H2,1-3H3,(H,13,14). The predicted octanol–water partition coefficient (Wildman–Crippen LogP) is 3.31. The van der Waals surface area contributed by atoms with E-state index in [1.54, 1.807) is 0 Å². The normalized spacial score (nSPS) is 20.9. The van der Waals surface area contributed by atoms with Gasteiger partial charge in [0.15, 0.2) is 0 Å². The summed E-state index contributed by atoms with van der Waals surface area (Å²) >= 11 is 0. The van der Waals surface area contributed by atoms with E-state index in [1.165, 1.54) is 0 Å². The van der Waals surface area contributed by atoms with Crippen LogP contribution >= 0.6 is 0 Å². The van der Waals surface area contributed by atoms with Gasteiger partial charge in [0.05, 0.1) is 5.41 Å². The zero-order chi connectivity index (χ0) is 10.8. The molecule has 1 N–H and O–H groups in total. The molecule has 0 heterocycles. The summed E-state index contributed by atoms with van der Waals surface area (Å²) in [6, 6.07) is 0. The van der Waals surface area contributed by atoms with Crippen molar-refractivity contribution in [1.82, 2.24) is 0 Å². The van der Waals surface area contributed by atoms with Gasteiger partial charge in [-0.1, -0.05) is 26.7 Å². The maximum Gasteiger partial charge on any atom is 0.309 e. The zero-order valence-corrected chi connectivity index (χ0v) is 9.55. The lowest BCUT2D eigenvalue weighted by molar-refractivity contribution is -0.150. The molecule has 0 aromatic heterocycles. The van der Waals surface area contributed by atoms with E-state index in [-0.39, 0.29) is 0 Å². The van der Waals surface area contributed by atoms with Gasteiger partial charge >= 0.3 is 5.97 Å². The quantitative estimate of drug-likeness (QED) is 0.711. The maximum atomic E-state index is 11.3. The summed E-state index contributed by atoms with van der Waals surface area (Å²) in [5, 5.41) is 9.28. The Labute approximate surface area is 86.7 Å². The minimum Gasteiger partial charge on any atom is -0.481 e. The summed E-state index contributed by atoms with van der Waals surface area (Å²) < 4.78 is 0. The van der Waals surface area contributed by atoms with Gasteiger partial charge < -0.3 is 5.11 Å². The second-order valence-corrected chi connectivity index (χ2v) is 4.88. The lowest BCUT2D eigenvalue weighted by atomic mass is 9.75. The average molecular weight is 198 g/mol. The van der Waals surface area contributed by atoms with Crippen LogP contribution in [0.5, 0.6) is 0 Å². The van der Waals surface area contributed by atoms with Gasteiger partial charge in [-0.3, -0.25) is 4.79 Å². The number of carbonyl (C=O) groups is 1. The number of aliphatic carboxylic acids is 1. The molecule has 2 nitrogen and oxygen atoms in total. The zero-order valence-electron chi connectivity index (χ0n) is 9.55. The molecule has 1 rings (SSSR count). The first-order chi connectivity index (χ1) is 6.54. The first-order valence-corrected chi connectivity index (χ1v) is 5.78. The number of hydrogen-bond acceptors (Lipinski definition) is 1. The van der Waals surface area contributed by atoms with E-state index in [9.17, 15) is 9.90 Å². The molecule has 1 aliphatic rings. The molecule has 0 aromatic rings. The SMILES string of the molecule is CCC(CC)CC(C)(C(=O)O)C1CC1. The van der Waals surface area contributed by atoms with Crippen LogP contribution in [0.15, 0.2) is 0 Å². The van der Waals surface area contributed by atoms with Crippen molar-refractivity contribution in [3.63, 3.8) is 0 Å². The Balaban J connectivity index is 2.63.